The Labute approximate surface area is 151 Å². The summed E-state index contributed by atoms with van der Waals surface area (Å²) < 4.78 is 0. The second-order valence-corrected chi connectivity index (χ2v) is 7.52. The fourth-order valence-electron chi connectivity index (χ4n) is 3.93. The van der Waals surface area contributed by atoms with Crippen molar-refractivity contribution in [1.82, 2.24) is 9.80 Å². The van der Waals surface area contributed by atoms with Crippen LogP contribution in [0.15, 0.2) is 24.3 Å². The fourth-order valence-corrected chi connectivity index (χ4v) is 3.93. The molecule has 1 aromatic carbocycles. The van der Waals surface area contributed by atoms with E-state index >= 15 is 0 Å². The van der Waals surface area contributed by atoms with Crippen LogP contribution in [-0.4, -0.2) is 54.5 Å². The second-order valence-electron chi connectivity index (χ2n) is 7.52. The number of nitrogens with zero attached hydrogens (tertiary/aromatic N) is 2. The van der Waals surface area contributed by atoms with Crippen molar-refractivity contribution >= 4 is 11.6 Å². The zero-order valence-electron chi connectivity index (χ0n) is 15.4. The van der Waals surface area contributed by atoms with Crippen molar-refractivity contribution < 1.29 is 4.79 Å². The number of carbonyl (C=O) groups is 1. The number of hydrogen-bond donors (Lipinski definition) is 2. The molecule has 2 unspecified atom stereocenters. The van der Waals surface area contributed by atoms with Crippen molar-refractivity contribution in [3.63, 3.8) is 0 Å². The van der Waals surface area contributed by atoms with E-state index in [0.717, 1.165) is 70.6 Å². The Bertz CT molecular complexity index is 551. The normalized spacial score (nSPS) is 25.7. The van der Waals surface area contributed by atoms with Crippen molar-refractivity contribution in [1.29, 1.82) is 0 Å². The molecule has 1 saturated carbocycles. The van der Waals surface area contributed by atoms with Gasteiger partial charge in [0.15, 0.2) is 0 Å². The molecule has 1 aromatic rings. The van der Waals surface area contributed by atoms with Crippen LogP contribution in [0, 0.1) is 5.92 Å². The van der Waals surface area contributed by atoms with Crippen molar-refractivity contribution in [2.75, 3.05) is 38.0 Å². The number of likely N-dealkylation sites (N-methyl/N-ethyl adjacent to an activating group) is 1. The first-order valence-corrected chi connectivity index (χ1v) is 9.74. The molecule has 1 aliphatic heterocycles. The largest absolute Gasteiger partial charge is 0.328 e. The summed E-state index contributed by atoms with van der Waals surface area (Å²) in [6.45, 7) is 8.95. The molecule has 0 bridgehead atoms. The summed E-state index contributed by atoms with van der Waals surface area (Å²) in [6, 6.07) is 8.50. The van der Waals surface area contributed by atoms with Gasteiger partial charge >= 0.3 is 0 Å². The standard InChI is InChI=1S/C20H32N4O/c1-2-23-10-12-24(13-11-23)15-16-6-8-19(9-7-16)22-20(25)17-4-3-5-18(21)14-17/h6-9,17-18H,2-5,10-15,21H2,1H3,(H,22,25). The average molecular weight is 345 g/mol. The molecule has 0 spiro atoms. The number of rotatable bonds is 5. The van der Waals surface area contributed by atoms with Crippen LogP contribution in [0.4, 0.5) is 5.69 Å². The van der Waals surface area contributed by atoms with Crippen LogP contribution in [0.25, 0.3) is 0 Å². The van der Waals surface area contributed by atoms with E-state index in [1.165, 1.54) is 5.56 Å². The van der Waals surface area contributed by atoms with E-state index in [-0.39, 0.29) is 17.9 Å². The number of carbonyl (C=O) groups excluding carboxylic acids is 1. The Morgan fingerprint density at radius 1 is 1.12 bits per heavy atom. The summed E-state index contributed by atoms with van der Waals surface area (Å²) in [4.78, 5) is 17.4. The zero-order chi connectivity index (χ0) is 17.6. The molecule has 0 aromatic heterocycles. The van der Waals surface area contributed by atoms with Crippen LogP contribution < -0.4 is 11.1 Å². The number of anilines is 1. The maximum Gasteiger partial charge on any atom is 0.227 e. The van der Waals surface area contributed by atoms with Crippen molar-refractivity contribution in [2.24, 2.45) is 11.7 Å². The molecule has 5 heteroatoms. The van der Waals surface area contributed by atoms with Crippen LogP contribution in [0.2, 0.25) is 0 Å². The second kappa shape index (κ2) is 8.79. The molecule has 2 atom stereocenters. The van der Waals surface area contributed by atoms with E-state index in [1.54, 1.807) is 0 Å². The van der Waals surface area contributed by atoms with E-state index in [4.69, 9.17) is 5.73 Å². The zero-order valence-corrected chi connectivity index (χ0v) is 15.4. The summed E-state index contributed by atoms with van der Waals surface area (Å²) in [7, 11) is 0. The molecule has 5 nitrogen and oxygen atoms in total. The SMILES string of the molecule is CCN1CCN(Cc2ccc(NC(=O)C3CCCC(N)C3)cc2)CC1. The molecule has 1 aliphatic carbocycles. The third kappa shape index (κ3) is 5.27. The lowest BCUT2D eigenvalue weighted by atomic mass is 9.85. The van der Waals surface area contributed by atoms with Gasteiger partial charge in [-0.25, -0.2) is 0 Å². The van der Waals surface area contributed by atoms with Gasteiger partial charge in [-0.2, -0.15) is 0 Å². The highest BCUT2D eigenvalue weighted by Gasteiger charge is 2.25. The van der Waals surface area contributed by atoms with Gasteiger partial charge in [-0.1, -0.05) is 25.5 Å². The fraction of sp³-hybridized carbons (Fsp3) is 0.650. The molecule has 25 heavy (non-hydrogen) atoms. The van der Waals surface area contributed by atoms with E-state index in [1.807, 2.05) is 12.1 Å². The van der Waals surface area contributed by atoms with E-state index in [0.29, 0.717) is 0 Å². The van der Waals surface area contributed by atoms with Gasteiger partial charge in [0.25, 0.3) is 0 Å². The lowest BCUT2D eigenvalue weighted by Gasteiger charge is -2.34. The van der Waals surface area contributed by atoms with Gasteiger partial charge < -0.3 is 16.0 Å². The number of nitrogens with two attached hydrogens (primary N) is 1. The minimum Gasteiger partial charge on any atom is -0.328 e. The van der Waals surface area contributed by atoms with Gasteiger partial charge in [-0.3, -0.25) is 9.69 Å². The van der Waals surface area contributed by atoms with E-state index in [9.17, 15) is 4.79 Å². The molecule has 1 heterocycles. The Balaban J connectivity index is 1.48. The number of benzene rings is 1. The smallest absolute Gasteiger partial charge is 0.227 e. The first-order chi connectivity index (χ1) is 12.1. The number of amides is 1. The predicted molar refractivity (Wildman–Crippen MR) is 102 cm³/mol. The van der Waals surface area contributed by atoms with Crippen molar-refractivity contribution in [3.8, 4) is 0 Å². The summed E-state index contributed by atoms with van der Waals surface area (Å²) in [5.74, 6) is 0.192. The summed E-state index contributed by atoms with van der Waals surface area (Å²) in [5, 5.41) is 3.06. The van der Waals surface area contributed by atoms with Gasteiger partial charge in [0, 0.05) is 50.4 Å². The molecule has 1 amide bonds. The minimum absolute atomic E-state index is 0.0679. The van der Waals surface area contributed by atoms with Crippen molar-refractivity contribution in [2.45, 2.75) is 45.2 Å². The predicted octanol–water partition coefficient (Wildman–Crippen LogP) is 2.28. The van der Waals surface area contributed by atoms with Gasteiger partial charge in [0.05, 0.1) is 0 Å². The summed E-state index contributed by atoms with van der Waals surface area (Å²) in [6.07, 6.45) is 3.88. The molecule has 0 radical (unpaired) electrons. The maximum absolute atomic E-state index is 12.4. The molecule has 3 N–H and O–H groups in total. The third-order valence-corrected chi connectivity index (χ3v) is 5.63. The monoisotopic (exact) mass is 344 g/mol. The van der Waals surface area contributed by atoms with Crippen LogP contribution >= 0.6 is 0 Å². The van der Waals surface area contributed by atoms with Gasteiger partial charge in [-0.15, -0.1) is 0 Å². The topological polar surface area (TPSA) is 61.6 Å². The van der Waals surface area contributed by atoms with E-state index in [2.05, 4.69) is 34.2 Å². The highest BCUT2D eigenvalue weighted by atomic mass is 16.1. The molecule has 3 rings (SSSR count). The maximum atomic E-state index is 12.4. The molecule has 138 valence electrons. The van der Waals surface area contributed by atoms with Crippen LogP contribution in [0.5, 0.6) is 0 Å². The van der Waals surface area contributed by atoms with E-state index < -0.39 is 0 Å². The number of nitrogens with one attached hydrogen (secondary N) is 1. The lowest BCUT2D eigenvalue weighted by molar-refractivity contribution is -0.120. The Hall–Kier alpha value is -1.43. The number of hydrogen-bond acceptors (Lipinski definition) is 4. The van der Waals surface area contributed by atoms with Gasteiger partial charge in [0.1, 0.15) is 0 Å². The highest BCUT2D eigenvalue weighted by Crippen LogP contribution is 2.24. The first kappa shape index (κ1) is 18.4. The molecule has 1 saturated heterocycles. The molecular weight excluding hydrogens is 312 g/mol. The van der Waals surface area contributed by atoms with Gasteiger partial charge in [0.2, 0.25) is 5.91 Å². The lowest BCUT2D eigenvalue weighted by Crippen LogP contribution is -2.45. The Kier molecular flexibility index (Phi) is 6.45. The minimum atomic E-state index is 0.0679. The third-order valence-electron chi connectivity index (χ3n) is 5.63. The van der Waals surface area contributed by atoms with Crippen molar-refractivity contribution in [3.05, 3.63) is 29.8 Å². The summed E-state index contributed by atoms with van der Waals surface area (Å²) >= 11 is 0. The Morgan fingerprint density at radius 2 is 1.80 bits per heavy atom. The highest BCUT2D eigenvalue weighted by molar-refractivity contribution is 5.92. The average Bonchev–Trinajstić information content (AvgIpc) is 2.64. The van der Waals surface area contributed by atoms with Crippen LogP contribution in [0.3, 0.4) is 0 Å². The van der Waals surface area contributed by atoms with Gasteiger partial charge in [-0.05, 0) is 43.5 Å². The van der Waals surface area contributed by atoms with Crippen LogP contribution in [0.1, 0.15) is 38.2 Å². The summed E-state index contributed by atoms with van der Waals surface area (Å²) in [5.41, 5.74) is 8.20. The molecule has 2 aliphatic rings. The van der Waals surface area contributed by atoms with Crippen LogP contribution in [-0.2, 0) is 11.3 Å². The molecule has 2 fully saturated rings. The quantitative estimate of drug-likeness (QED) is 0.860. The molecular formula is C20H32N4O. The Morgan fingerprint density at radius 3 is 2.44 bits per heavy atom. The first-order valence-electron chi connectivity index (χ1n) is 9.74. The number of piperazine rings is 1.